The summed E-state index contributed by atoms with van der Waals surface area (Å²) in [7, 11) is -3.48. The van der Waals surface area contributed by atoms with E-state index in [-0.39, 0.29) is 23.2 Å². The van der Waals surface area contributed by atoms with Crippen molar-refractivity contribution in [2.45, 2.75) is 5.03 Å². The van der Waals surface area contributed by atoms with E-state index in [4.69, 9.17) is 0 Å². The fraction of sp³-hybridized carbons (Fsp3) is 0.125. The Morgan fingerprint density at radius 2 is 2.05 bits per heavy atom. The lowest BCUT2D eigenvalue weighted by Crippen LogP contribution is -2.30. The van der Waals surface area contributed by atoms with Gasteiger partial charge in [0.1, 0.15) is 0 Å². The number of fused-ring (bicyclic) bond motifs is 1. The number of rotatable bonds is 5. The third kappa shape index (κ3) is 2.78. The monoisotopic (exact) mass is 314 g/mol. The summed E-state index contributed by atoms with van der Waals surface area (Å²) in [6.45, 7) is 0.0467. The Morgan fingerprint density at radius 3 is 2.82 bits per heavy atom. The predicted molar refractivity (Wildman–Crippen MR) is 82.7 cm³/mol. The summed E-state index contributed by atoms with van der Waals surface area (Å²) < 4.78 is 24.1. The molecule has 2 aliphatic carbocycles. The van der Waals surface area contributed by atoms with Crippen molar-refractivity contribution >= 4 is 15.7 Å². The Balaban J connectivity index is 1.61. The maximum atomic E-state index is 12.1. The Labute approximate surface area is 128 Å². The van der Waals surface area contributed by atoms with E-state index in [9.17, 15) is 13.2 Å². The lowest BCUT2D eigenvalue weighted by atomic mass is 10.1. The highest BCUT2D eigenvalue weighted by atomic mass is 32.2. The zero-order valence-corrected chi connectivity index (χ0v) is 12.5. The van der Waals surface area contributed by atoms with Crippen LogP contribution in [0.2, 0.25) is 0 Å². The topological polar surface area (TPSA) is 76.1 Å². The van der Waals surface area contributed by atoms with Crippen molar-refractivity contribution in [1.29, 1.82) is 0 Å². The molecule has 0 atom stereocenters. The maximum absolute atomic E-state index is 12.1. The van der Waals surface area contributed by atoms with Crippen LogP contribution in [0.1, 0.15) is 0 Å². The number of allylic oxidation sites excluding steroid dienone is 6. The van der Waals surface area contributed by atoms with Gasteiger partial charge in [0, 0.05) is 18.3 Å². The van der Waals surface area contributed by atoms with Gasteiger partial charge in [0.25, 0.3) is 5.91 Å². The molecule has 1 N–H and O–H groups in total. The van der Waals surface area contributed by atoms with Gasteiger partial charge in [0.05, 0.1) is 5.75 Å². The number of nitrogens with zero attached hydrogens (tertiary/aromatic N) is 1. The van der Waals surface area contributed by atoms with E-state index in [1.54, 1.807) is 18.2 Å². The van der Waals surface area contributed by atoms with Crippen LogP contribution in [0.5, 0.6) is 0 Å². The van der Waals surface area contributed by atoms with Crippen molar-refractivity contribution in [2.75, 3.05) is 12.3 Å². The maximum Gasteiger partial charge on any atom is 0.251 e. The fourth-order valence-electron chi connectivity index (χ4n) is 2.32. The van der Waals surface area contributed by atoms with Crippen molar-refractivity contribution in [3.63, 3.8) is 0 Å². The molecular formula is C16H14N2O3S. The first-order valence-electron chi connectivity index (χ1n) is 6.81. The van der Waals surface area contributed by atoms with Gasteiger partial charge in [0.2, 0.25) is 0 Å². The van der Waals surface area contributed by atoms with Gasteiger partial charge in [-0.3, -0.25) is 4.79 Å². The quantitative estimate of drug-likeness (QED) is 0.889. The van der Waals surface area contributed by atoms with E-state index in [0.717, 1.165) is 11.1 Å². The molecule has 112 valence electrons. The summed E-state index contributed by atoms with van der Waals surface area (Å²) in [5.74, 6) is -0.446. The van der Waals surface area contributed by atoms with Gasteiger partial charge in [-0.1, -0.05) is 30.4 Å². The van der Waals surface area contributed by atoms with Crippen LogP contribution in [-0.4, -0.2) is 31.6 Å². The number of pyridine rings is 1. The Hall–Kier alpha value is -2.47. The lowest BCUT2D eigenvalue weighted by molar-refractivity contribution is -0.117. The van der Waals surface area contributed by atoms with Gasteiger partial charge >= 0.3 is 0 Å². The van der Waals surface area contributed by atoms with E-state index in [0.29, 0.717) is 5.57 Å². The van der Waals surface area contributed by atoms with Crippen LogP contribution in [0.4, 0.5) is 0 Å². The van der Waals surface area contributed by atoms with Gasteiger partial charge in [0.15, 0.2) is 14.9 Å². The van der Waals surface area contributed by atoms with Crippen LogP contribution in [0.15, 0.2) is 76.5 Å². The smallest absolute Gasteiger partial charge is 0.251 e. The highest BCUT2D eigenvalue weighted by Gasteiger charge is 2.21. The number of hydrogen-bond donors (Lipinski definition) is 1. The molecule has 5 nitrogen and oxygen atoms in total. The van der Waals surface area contributed by atoms with Crippen LogP contribution in [0.25, 0.3) is 0 Å². The molecule has 0 aromatic carbocycles. The molecule has 1 aromatic rings. The highest BCUT2D eigenvalue weighted by molar-refractivity contribution is 7.91. The minimum atomic E-state index is -3.48. The van der Waals surface area contributed by atoms with Crippen LogP contribution in [0, 0.1) is 0 Å². The second-order valence-corrected chi connectivity index (χ2v) is 6.94. The molecule has 6 heteroatoms. The van der Waals surface area contributed by atoms with Crippen LogP contribution in [0.3, 0.4) is 0 Å². The highest BCUT2D eigenvalue weighted by Crippen LogP contribution is 2.29. The van der Waals surface area contributed by atoms with Crippen LogP contribution >= 0.6 is 0 Å². The fourth-order valence-corrected chi connectivity index (χ4v) is 3.40. The molecule has 22 heavy (non-hydrogen) atoms. The minimum Gasteiger partial charge on any atom is -0.351 e. The number of amides is 1. The molecule has 0 bridgehead atoms. The number of sulfone groups is 1. The summed E-state index contributed by atoms with van der Waals surface area (Å²) in [4.78, 5) is 15.9. The van der Waals surface area contributed by atoms with Crippen molar-refractivity contribution in [1.82, 2.24) is 10.3 Å². The van der Waals surface area contributed by atoms with E-state index >= 15 is 0 Å². The Morgan fingerprint density at radius 1 is 1.18 bits per heavy atom. The first-order valence-corrected chi connectivity index (χ1v) is 8.46. The summed E-state index contributed by atoms with van der Waals surface area (Å²) in [5, 5.41) is 2.67. The van der Waals surface area contributed by atoms with Crippen molar-refractivity contribution in [2.24, 2.45) is 0 Å². The normalized spacial score (nSPS) is 15.9. The van der Waals surface area contributed by atoms with Crippen molar-refractivity contribution < 1.29 is 13.2 Å². The number of carbonyl (C=O) groups excluding carboxylic acids is 1. The molecule has 1 heterocycles. The van der Waals surface area contributed by atoms with Crippen LogP contribution < -0.4 is 5.32 Å². The molecule has 0 radical (unpaired) electrons. The second-order valence-electron chi connectivity index (χ2n) is 4.88. The van der Waals surface area contributed by atoms with Crippen molar-refractivity contribution in [3.8, 4) is 0 Å². The van der Waals surface area contributed by atoms with E-state index in [2.05, 4.69) is 10.3 Å². The zero-order valence-electron chi connectivity index (χ0n) is 11.7. The Bertz CT molecular complexity index is 831. The molecule has 0 aliphatic heterocycles. The molecule has 0 spiro atoms. The molecule has 0 fully saturated rings. The summed E-state index contributed by atoms with van der Waals surface area (Å²) in [5.41, 5.74) is 2.45. The number of aromatic nitrogens is 1. The molecule has 0 unspecified atom stereocenters. The molecular weight excluding hydrogens is 300 g/mol. The van der Waals surface area contributed by atoms with Crippen LogP contribution in [-0.2, 0) is 14.6 Å². The molecule has 1 aromatic heterocycles. The number of nitrogens with one attached hydrogen (secondary N) is 1. The number of hydrogen-bond acceptors (Lipinski definition) is 4. The molecule has 0 saturated heterocycles. The standard InChI is InChI=1S/C16H14N2O3S/c19-16(14-8-7-12-4-3-5-13(12)14)18-10-11-22(20,21)15-6-1-2-9-17-15/h1-9H,10-11H2,(H,18,19). The van der Waals surface area contributed by atoms with E-state index < -0.39 is 9.84 Å². The molecule has 1 amide bonds. The zero-order chi connectivity index (χ0) is 15.6. The number of carbonyl (C=O) groups is 1. The minimum absolute atomic E-state index is 0.0241. The molecule has 0 saturated carbocycles. The average Bonchev–Trinajstić information content (AvgIpc) is 3.10. The third-order valence-corrected chi connectivity index (χ3v) is 5.05. The van der Waals surface area contributed by atoms with E-state index in [1.807, 2.05) is 24.3 Å². The SMILES string of the molecule is O=C(NCCS(=O)(=O)c1ccccn1)C1=C2C=CC=C2C=C1. The van der Waals surface area contributed by atoms with Gasteiger partial charge in [-0.25, -0.2) is 13.4 Å². The third-order valence-electron chi connectivity index (χ3n) is 3.43. The van der Waals surface area contributed by atoms with E-state index in [1.165, 1.54) is 12.3 Å². The average molecular weight is 314 g/mol. The van der Waals surface area contributed by atoms with Gasteiger partial charge in [-0.2, -0.15) is 0 Å². The largest absolute Gasteiger partial charge is 0.351 e. The summed E-state index contributed by atoms with van der Waals surface area (Å²) in [6, 6.07) is 4.72. The van der Waals surface area contributed by atoms with Crippen molar-refractivity contribution in [3.05, 3.63) is 71.5 Å². The molecule has 2 aliphatic rings. The van der Waals surface area contributed by atoms with Gasteiger partial charge in [-0.05, 0) is 29.4 Å². The Kier molecular flexibility index (Phi) is 3.77. The second kappa shape index (κ2) is 5.73. The first-order chi connectivity index (χ1) is 10.6. The lowest BCUT2D eigenvalue weighted by Gasteiger charge is -2.07. The summed E-state index contributed by atoms with van der Waals surface area (Å²) >= 11 is 0. The molecule has 3 rings (SSSR count). The summed E-state index contributed by atoms with van der Waals surface area (Å²) in [6.07, 6.45) is 10.7. The predicted octanol–water partition coefficient (Wildman–Crippen LogP) is 1.33. The first kappa shape index (κ1) is 14.5. The van der Waals surface area contributed by atoms with Gasteiger partial charge in [-0.15, -0.1) is 0 Å². The van der Waals surface area contributed by atoms with Gasteiger partial charge < -0.3 is 5.32 Å².